The molecule has 0 unspecified atom stereocenters. The van der Waals surface area contributed by atoms with Gasteiger partial charge in [0, 0.05) is 5.56 Å². The van der Waals surface area contributed by atoms with Crippen molar-refractivity contribution >= 4 is 22.6 Å². The smallest absolute Gasteiger partial charge is 0.269 e. The molecule has 0 heterocycles. The van der Waals surface area contributed by atoms with E-state index >= 15 is 0 Å². The Morgan fingerprint density at radius 1 is 0.833 bits per heavy atom. The lowest BCUT2D eigenvalue weighted by Crippen LogP contribution is -2.42. The number of carbonyl (C=O) groups excluding carboxylic acids is 2. The number of carbonyl (C=O) groups is 2. The number of benzene rings is 3. The van der Waals surface area contributed by atoms with Crippen LogP contribution in [0, 0.1) is 6.92 Å². The van der Waals surface area contributed by atoms with Crippen LogP contribution in [0.25, 0.3) is 10.8 Å². The first-order chi connectivity index (χ1) is 11.6. The second kappa shape index (κ2) is 6.96. The highest BCUT2D eigenvalue weighted by Gasteiger charge is 2.10. The van der Waals surface area contributed by atoms with Gasteiger partial charge < -0.3 is 0 Å². The van der Waals surface area contributed by atoms with E-state index in [1.165, 1.54) is 0 Å². The van der Waals surface area contributed by atoms with E-state index in [9.17, 15) is 9.59 Å². The van der Waals surface area contributed by atoms with E-state index in [1.54, 1.807) is 12.1 Å². The molecule has 4 heteroatoms. The molecular formula is C20H18N2O2. The number of hydrazine groups is 1. The van der Waals surface area contributed by atoms with Gasteiger partial charge in [0.1, 0.15) is 0 Å². The first kappa shape index (κ1) is 15.7. The molecule has 0 aliphatic carbocycles. The number of rotatable bonds is 3. The topological polar surface area (TPSA) is 58.2 Å². The number of nitrogens with one attached hydrogen (secondary N) is 2. The van der Waals surface area contributed by atoms with Gasteiger partial charge in [0.25, 0.3) is 5.91 Å². The molecule has 0 atom stereocenters. The fourth-order valence-corrected chi connectivity index (χ4v) is 2.69. The molecule has 120 valence electrons. The normalized spacial score (nSPS) is 10.4. The van der Waals surface area contributed by atoms with Crippen LogP contribution in [0.15, 0.2) is 66.7 Å². The largest absolute Gasteiger partial charge is 0.273 e. The highest BCUT2D eigenvalue weighted by molar-refractivity contribution is 5.97. The third-order valence-corrected chi connectivity index (χ3v) is 3.94. The van der Waals surface area contributed by atoms with Crippen molar-refractivity contribution in [1.82, 2.24) is 10.9 Å². The predicted molar refractivity (Wildman–Crippen MR) is 94.4 cm³/mol. The molecule has 0 spiro atoms. The summed E-state index contributed by atoms with van der Waals surface area (Å²) in [6, 6.07) is 21.0. The lowest BCUT2D eigenvalue weighted by Gasteiger charge is -2.10. The van der Waals surface area contributed by atoms with Gasteiger partial charge in [-0.1, -0.05) is 60.7 Å². The standard InChI is InChI=1S/C20H18N2O2/c1-14-7-2-4-11-17(14)20(24)22-21-19(23)13-16-10-6-9-15-8-3-5-12-18(15)16/h2-12H,13H2,1H3,(H,21,23)(H,22,24). The Kier molecular flexibility index (Phi) is 4.57. The Balaban J connectivity index is 1.66. The number of aryl methyl sites for hydroxylation is 1. The number of hydrogen-bond donors (Lipinski definition) is 2. The highest BCUT2D eigenvalue weighted by Crippen LogP contribution is 2.18. The molecule has 3 aromatic carbocycles. The molecule has 0 aromatic heterocycles. The van der Waals surface area contributed by atoms with E-state index in [0.717, 1.165) is 21.9 Å². The molecule has 0 aliphatic rings. The van der Waals surface area contributed by atoms with E-state index < -0.39 is 0 Å². The number of fused-ring (bicyclic) bond motifs is 1. The minimum Gasteiger partial charge on any atom is -0.273 e. The first-order valence-electron chi connectivity index (χ1n) is 7.76. The molecule has 0 bridgehead atoms. The van der Waals surface area contributed by atoms with E-state index in [2.05, 4.69) is 10.9 Å². The van der Waals surface area contributed by atoms with Crippen molar-refractivity contribution < 1.29 is 9.59 Å². The Morgan fingerprint density at radius 3 is 2.38 bits per heavy atom. The van der Waals surface area contributed by atoms with Gasteiger partial charge in [-0.05, 0) is 34.9 Å². The first-order valence-corrected chi connectivity index (χ1v) is 7.76. The molecule has 3 rings (SSSR count). The van der Waals surface area contributed by atoms with Crippen LogP contribution in [-0.4, -0.2) is 11.8 Å². The van der Waals surface area contributed by atoms with Crippen molar-refractivity contribution in [2.75, 3.05) is 0 Å². The second-order valence-corrected chi connectivity index (χ2v) is 5.63. The second-order valence-electron chi connectivity index (χ2n) is 5.63. The van der Waals surface area contributed by atoms with Crippen molar-refractivity contribution in [3.8, 4) is 0 Å². The fraction of sp³-hybridized carbons (Fsp3) is 0.100. The Bertz CT molecular complexity index is 898. The lowest BCUT2D eigenvalue weighted by molar-refractivity contribution is -0.121. The number of amides is 2. The predicted octanol–water partition coefficient (Wildman–Crippen LogP) is 3.15. The summed E-state index contributed by atoms with van der Waals surface area (Å²) >= 11 is 0. The molecule has 0 radical (unpaired) electrons. The molecular weight excluding hydrogens is 300 g/mol. The van der Waals surface area contributed by atoms with Gasteiger partial charge in [0.2, 0.25) is 5.91 Å². The Hall–Kier alpha value is -3.14. The van der Waals surface area contributed by atoms with E-state index in [0.29, 0.717) is 5.56 Å². The summed E-state index contributed by atoms with van der Waals surface area (Å²) < 4.78 is 0. The maximum absolute atomic E-state index is 12.2. The minimum absolute atomic E-state index is 0.204. The average molecular weight is 318 g/mol. The molecule has 2 N–H and O–H groups in total. The summed E-state index contributed by atoms with van der Waals surface area (Å²) in [6.07, 6.45) is 0.204. The van der Waals surface area contributed by atoms with Gasteiger partial charge in [-0.15, -0.1) is 0 Å². The summed E-state index contributed by atoms with van der Waals surface area (Å²) in [6.45, 7) is 1.85. The lowest BCUT2D eigenvalue weighted by atomic mass is 10.0. The summed E-state index contributed by atoms with van der Waals surface area (Å²) in [5, 5.41) is 2.13. The van der Waals surface area contributed by atoms with Crippen molar-refractivity contribution in [3.63, 3.8) is 0 Å². The van der Waals surface area contributed by atoms with Gasteiger partial charge in [-0.3, -0.25) is 20.4 Å². The molecule has 4 nitrogen and oxygen atoms in total. The average Bonchev–Trinajstić information content (AvgIpc) is 2.60. The van der Waals surface area contributed by atoms with Crippen LogP contribution < -0.4 is 10.9 Å². The maximum Gasteiger partial charge on any atom is 0.269 e. The summed E-state index contributed by atoms with van der Waals surface area (Å²) in [5.74, 6) is -0.576. The van der Waals surface area contributed by atoms with Gasteiger partial charge in [0.15, 0.2) is 0 Å². The van der Waals surface area contributed by atoms with Crippen LogP contribution in [0.2, 0.25) is 0 Å². The molecule has 24 heavy (non-hydrogen) atoms. The van der Waals surface area contributed by atoms with Crippen molar-refractivity contribution in [2.24, 2.45) is 0 Å². The summed E-state index contributed by atoms with van der Waals surface area (Å²) in [5.41, 5.74) is 7.28. The minimum atomic E-state index is -0.320. The molecule has 0 saturated carbocycles. The zero-order valence-corrected chi connectivity index (χ0v) is 13.4. The van der Waals surface area contributed by atoms with Crippen LogP contribution in [0.5, 0.6) is 0 Å². The molecule has 0 fully saturated rings. The van der Waals surface area contributed by atoms with Crippen molar-refractivity contribution in [2.45, 2.75) is 13.3 Å². The SMILES string of the molecule is Cc1ccccc1C(=O)NNC(=O)Cc1cccc2ccccc12. The van der Waals surface area contributed by atoms with Crippen molar-refractivity contribution in [3.05, 3.63) is 83.4 Å². The molecule has 3 aromatic rings. The quantitative estimate of drug-likeness (QED) is 0.729. The monoisotopic (exact) mass is 318 g/mol. The van der Waals surface area contributed by atoms with Gasteiger partial charge >= 0.3 is 0 Å². The van der Waals surface area contributed by atoms with Crippen molar-refractivity contribution in [1.29, 1.82) is 0 Å². The van der Waals surface area contributed by atoms with Gasteiger partial charge in [0.05, 0.1) is 6.42 Å². The van der Waals surface area contributed by atoms with Gasteiger partial charge in [-0.2, -0.15) is 0 Å². The summed E-state index contributed by atoms with van der Waals surface area (Å²) in [7, 11) is 0. The van der Waals surface area contributed by atoms with Crippen LogP contribution in [0.1, 0.15) is 21.5 Å². The van der Waals surface area contributed by atoms with E-state index in [4.69, 9.17) is 0 Å². The molecule has 2 amide bonds. The third-order valence-electron chi connectivity index (χ3n) is 3.94. The van der Waals surface area contributed by atoms with Gasteiger partial charge in [-0.25, -0.2) is 0 Å². The zero-order chi connectivity index (χ0) is 16.9. The third kappa shape index (κ3) is 3.43. The number of hydrogen-bond acceptors (Lipinski definition) is 2. The Morgan fingerprint density at radius 2 is 1.54 bits per heavy atom. The molecule has 0 aliphatic heterocycles. The summed E-state index contributed by atoms with van der Waals surface area (Å²) in [4.78, 5) is 24.3. The van der Waals surface area contributed by atoms with Crippen LogP contribution >= 0.6 is 0 Å². The van der Waals surface area contributed by atoms with Crippen LogP contribution in [-0.2, 0) is 11.2 Å². The van der Waals surface area contributed by atoms with E-state index in [-0.39, 0.29) is 18.2 Å². The van der Waals surface area contributed by atoms with Crippen LogP contribution in [0.4, 0.5) is 0 Å². The Labute approximate surface area is 140 Å². The molecule has 0 saturated heterocycles. The van der Waals surface area contributed by atoms with Crippen LogP contribution in [0.3, 0.4) is 0 Å². The fourth-order valence-electron chi connectivity index (χ4n) is 2.69. The highest BCUT2D eigenvalue weighted by atomic mass is 16.2. The zero-order valence-electron chi connectivity index (χ0n) is 13.4. The van der Waals surface area contributed by atoms with E-state index in [1.807, 2.05) is 61.5 Å². The maximum atomic E-state index is 12.2.